The fourth-order valence-corrected chi connectivity index (χ4v) is 2.69. The fraction of sp³-hybridized carbons (Fsp3) is 0.0952. The van der Waals surface area contributed by atoms with Crippen molar-refractivity contribution in [3.05, 3.63) is 71.7 Å². The summed E-state index contributed by atoms with van der Waals surface area (Å²) < 4.78 is 15.4. The summed E-state index contributed by atoms with van der Waals surface area (Å²) >= 11 is 0. The molecule has 0 spiro atoms. The Balaban J connectivity index is 1.77. The number of benzene rings is 2. The molecule has 0 aliphatic carbocycles. The topological polar surface area (TPSA) is 133 Å². The first-order chi connectivity index (χ1) is 14.4. The zero-order valence-corrected chi connectivity index (χ0v) is 16.2. The summed E-state index contributed by atoms with van der Waals surface area (Å²) in [6.07, 6.45) is 1.40. The molecule has 0 aliphatic rings. The van der Waals surface area contributed by atoms with Crippen LogP contribution in [-0.4, -0.2) is 31.9 Å². The van der Waals surface area contributed by atoms with Crippen LogP contribution < -0.4 is 25.8 Å². The Morgan fingerprint density at radius 2 is 1.57 bits per heavy atom. The van der Waals surface area contributed by atoms with Crippen LogP contribution in [0.2, 0.25) is 0 Å². The zero-order valence-electron chi connectivity index (χ0n) is 16.2. The number of methoxy groups -OCH3 is 2. The fourth-order valence-electron chi connectivity index (χ4n) is 2.69. The standard InChI is InChI=1S/C21H19N3O6/c1-28-17-10-14(19(22)25)15(11-18(17)29-2)24-20(26)12-5-7-13(8-6-12)23-21(27)16-4-3-9-30-16/h3-11H,1-2H3,(H2,22,25)(H,23,27)(H,24,26). The highest BCUT2D eigenvalue weighted by Gasteiger charge is 2.18. The Hall–Kier alpha value is -4.27. The number of furan rings is 1. The number of nitrogens with two attached hydrogens (primary N) is 1. The molecular formula is C21H19N3O6. The average Bonchev–Trinajstić information content (AvgIpc) is 3.28. The van der Waals surface area contributed by atoms with E-state index in [-0.39, 0.29) is 17.0 Å². The molecule has 9 nitrogen and oxygen atoms in total. The van der Waals surface area contributed by atoms with Gasteiger partial charge in [-0.15, -0.1) is 0 Å². The monoisotopic (exact) mass is 409 g/mol. The molecule has 1 aromatic heterocycles. The SMILES string of the molecule is COc1cc(NC(=O)c2ccc(NC(=O)c3ccco3)cc2)c(C(N)=O)cc1OC. The van der Waals surface area contributed by atoms with Crippen molar-refractivity contribution < 1.29 is 28.3 Å². The molecule has 3 rings (SSSR count). The second-order valence-corrected chi connectivity index (χ2v) is 6.08. The minimum Gasteiger partial charge on any atom is -0.493 e. The summed E-state index contributed by atoms with van der Waals surface area (Å²) in [6.45, 7) is 0. The number of amides is 3. The molecule has 0 unspecified atom stereocenters. The van der Waals surface area contributed by atoms with Gasteiger partial charge in [0.1, 0.15) is 0 Å². The summed E-state index contributed by atoms with van der Waals surface area (Å²) in [5.41, 5.74) is 6.45. The van der Waals surface area contributed by atoms with Gasteiger partial charge in [-0.25, -0.2) is 0 Å². The van der Waals surface area contributed by atoms with Gasteiger partial charge in [0.25, 0.3) is 17.7 Å². The molecule has 154 valence electrons. The van der Waals surface area contributed by atoms with Crippen molar-refractivity contribution in [3.63, 3.8) is 0 Å². The number of carbonyl (C=O) groups excluding carboxylic acids is 3. The average molecular weight is 409 g/mol. The van der Waals surface area contributed by atoms with Gasteiger partial charge < -0.3 is 30.3 Å². The van der Waals surface area contributed by atoms with Gasteiger partial charge in [-0.3, -0.25) is 14.4 Å². The van der Waals surface area contributed by atoms with Crippen LogP contribution in [0.5, 0.6) is 11.5 Å². The van der Waals surface area contributed by atoms with Crippen LogP contribution in [0.1, 0.15) is 31.3 Å². The Kier molecular flexibility index (Phi) is 6.02. The van der Waals surface area contributed by atoms with Crippen molar-refractivity contribution in [3.8, 4) is 11.5 Å². The number of carbonyl (C=O) groups is 3. The number of anilines is 2. The van der Waals surface area contributed by atoms with Gasteiger partial charge in [-0.05, 0) is 42.5 Å². The van der Waals surface area contributed by atoms with Crippen molar-refractivity contribution in [1.82, 2.24) is 0 Å². The summed E-state index contributed by atoms with van der Waals surface area (Å²) in [4.78, 5) is 36.4. The number of hydrogen-bond donors (Lipinski definition) is 3. The molecule has 0 saturated heterocycles. The van der Waals surface area contributed by atoms with Crippen LogP contribution in [0.4, 0.5) is 11.4 Å². The summed E-state index contributed by atoms with van der Waals surface area (Å²) in [5.74, 6) is -0.816. The first-order valence-corrected chi connectivity index (χ1v) is 8.75. The lowest BCUT2D eigenvalue weighted by molar-refractivity contribution is 0.0990. The lowest BCUT2D eigenvalue weighted by atomic mass is 10.1. The van der Waals surface area contributed by atoms with E-state index in [0.29, 0.717) is 22.7 Å². The van der Waals surface area contributed by atoms with Gasteiger partial charge in [-0.2, -0.15) is 0 Å². The Morgan fingerprint density at radius 1 is 0.900 bits per heavy atom. The Morgan fingerprint density at radius 3 is 2.13 bits per heavy atom. The molecular weight excluding hydrogens is 390 g/mol. The molecule has 0 fully saturated rings. The normalized spacial score (nSPS) is 10.2. The van der Waals surface area contributed by atoms with Crippen LogP contribution in [0.15, 0.2) is 59.2 Å². The van der Waals surface area contributed by atoms with Crippen LogP contribution in [-0.2, 0) is 0 Å². The minimum atomic E-state index is -0.734. The zero-order chi connectivity index (χ0) is 21.7. The van der Waals surface area contributed by atoms with Crippen LogP contribution in [0.3, 0.4) is 0 Å². The smallest absolute Gasteiger partial charge is 0.291 e. The summed E-state index contributed by atoms with van der Waals surface area (Å²) in [6, 6.07) is 12.2. The predicted octanol–water partition coefficient (Wildman–Crippen LogP) is 2.90. The van der Waals surface area contributed by atoms with Gasteiger partial charge >= 0.3 is 0 Å². The first-order valence-electron chi connectivity index (χ1n) is 8.75. The molecule has 2 aromatic carbocycles. The van der Waals surface area contributed by atoms with Crippen molar-refractivity contribution >= 4 is 29.1 Å². The molecule has 0 aliphatic heterocycles. The van der Waals surface area contributed by atoms with Gasteiger partial charge in [0.15, 0.2) is 17.3 Å². The van der Waals surface area contributed by atoms with E-state index in [9.17, 15) is 14.4 Å². The largest absolute Gasteiger partial charge is 0.493 e. The minimum absolute atomic E-state index is 0.0725. The molecule has 0 bridgehead atoms. The Bertz CT molecular complexity index is 1070. The van der Waals surface area contributed by atoms with Gasteiger partial charge in [0.05, 0.1) is 31.7 Å². The first kappa shape index (κ1) is 20.5. The van der Waals surface area contributed by atoms with E-state index in [1.807, 2.05) is 0 Å². The van der Waals surface area contributed by atoms with Crippen LogP contribution in [0.25, 0.3) is 0 Å². The number of primary amides is 1. The van der Waals surface area contributed by atoms with E-state index in [1.54, 1.807) is 18.2 Å². The maximum Gasteiger partial charge on any atom is 0.291 e. The second kappa shape index (κ2) is 8.82. The van der Waals surface area contributed by atoms with Crippen LogP contribution >= 0.6 is 0 Å². The molecule has 0 radical (unpaired) electrons. The molecule has 3 amide bonds. The van der Waals surface area contributed by atoms with E-state index in [1.165, 1.54) is 50.8 Å². The van der Waals surface area contributed by atoms with Gasteiger partial charge in [-0.1, -0.05) is 0 Å². The van der Waals surface area contributed by atoms with Crippen molar-refractivity contribution in [2.75, 3.05) is 24.9 Å². The third kappa shape index (κ3) is 4.41. The van der Waals surface area contributed by atoms with E-state index in [4.69, 9.17) is 19.6 Å². The van der Waals surface area contributed by atoms with E-state index in [0.717, 1.165) is 0 Å². The van der Waals surface area contributed by atoms with E-state index in [2.05, 4.69) is 10.6 Å². The molecule has 4 N–H and O–H groups in total. The number of rotatable bonds is 7. The third-order valence-electron chi connectivity index (χ3n) is 4.19. The highest BCUT2D eigenvalue weighted by atomic mass is 16.5. The second-order valence-electron chi connectivity index (χ2n) is 6.08. The lowest BCUT2D eigenvalue weighted by Crippen LogP contribution is -2.19. The molecule has 0 saturated carbocycles. The maximum absolute atomic E-state index is 12.6. The summed E-state index contributed by atoms with van der Waals surface area (Å²) in [5, 5.41) is 5.30. The summed E-state index contributed by atoms with van der Waals surface area (Å²) in [7, 11) is 2.86. The lowest BCUT2D eigenvalue weighted by Gasteiger charge is -2.14. The van der Waals surface area contributed by atoms with Crippen molar-refractivity contribution in [2.24, 2.45) is 5.73 Å². The number of ether oxygens (including phenoxy) is 2. The molecule has 9 heteroatoms. The Labute approximate surface area is 171 Å². The van der Waals surface area contributed by atoms with Crippen LogP contribution in [0, 0.1) is 0 Å². The predicted molar refractivity (Wildman–Crippen MR) is 109 cm³/mol. The van der Waals surface area contributed by atoms with E-state index < -0.39 is 17.7 Å². The number of hydrogen-bond acceptors (Lipinski definition) is 6. The molecule has 0 atom stereocenters. The number of nitrogens with one attached hydrogen (secondary N) is 2. The molecule has 30 heavy (non-hydrogen) atoms. The highest BCUT2D eigenvalue weighted by molar-refractivity contribution is 6.09. The van der Waals surface area contributed by atoms with Gasteiger partial charge in [0.2, 0.25) is 0 Å². The highest BCUT2D eigenvalue weighted by Crippen LogP contribution is 2.33. The van der Waals surface area contributed by atoms with Crippen molar-refractivity contribution in [2.45, 2.75) is 0 Å². The van der Waals surface area contributed by atoms with Crippen molar-refractivity contribution in [1.29, 1.82) is 0 Å². The van der Waals surface area contributed by atoms with E-state index >= 15 is 0 Å². The molecule has 1 heterocycles. The van der Waals surface area contributed by atoms with Gasteiger partial charge in [0, 0.05) is 17.3 Å². The maximum atomic E-state index is 12.6. The molecule has 3 aromatic rings. The quantitative estimate of drug-likeness (QED) is 0.550. The third-order valence-corrected chi connectivity index (χ3v) is 4.19.